The van der Waals surface area contributed by atoms with Gasteiger partial charge in [-0.3, -0.25) is 0 Å². The van der Waals surface area contributed by atoms with Gasteiger partial charge in [-0.05, 0) is 25.0 Å². The molecular formula is C11H17NO2. The number of aliphatic hydroxyl groups excluding tert-OH is 1. The molecule has 3 N–H and O–H groups in total. The summed E-state index contributed by atoms with van der Waals surface area (Å²) in [7, 11) is 0. The van der Waals surface area contributed by atoms with Crippen molar-refractivity contribution in [3.05, 3.63) is 23.8 Å². The van der Waals surface area contributed by atoms with Crippen LogP contribution in [0.4, 0.5) is 5.69 Å². The third kappa shape index (κ3) is 2.64. The Morgan fingerprint density at radius 3 is 2.86 bits per heavy atom. The standard InChI is InChI=1S/C11H17NO2/c1-3-9(13)7-14-10-6-4-5-8(2)11(10)12/h4-6,9,13H,3,7,12H2,1-2H3. The number of para-hydroxylation sites is 1. The van der Waals surface area contributed by atoms with Crippen molar-refractivity contribution in [3.63, 3.8) is 0 Å². The molecule has 0 spiro atoms. The second-order valence-corrected chi connectivity index (χ2v) is 3.36. The minimum Gasteiger partial charge on any atom is -0.489 e. The zero-order chi connectivity index (χ0) is 10.6. The lowest BCUT2D eigenvalue weighted by atomic mass is 10.2. The van der Waals surface area contributed by atoms with Gasteiger partial charge >= 0.3 is 0 Å². The number of nitrogens with two attached hydrogens (primary N) is 1. The third-order valence-electron chi connectivity index (χ3n) is 2.19. The van der Waals surface area contributed by atoms with E-state index in [0.717, 1.165) is 5.56 Å². The van der Waals surface area contributed by atoms with Gasteiger partial charge in [-0.1, -0.05) is 19.1 Å². The molecule has 0 aliphatic carbocycles. The fourth-order valence-corrected chi connectivity index (χ4v) is 1.08. The van der Waals surface area contributed by atoms with Crippen LogP contribution in [0.2, 0.25) is 0 Å². The zero-order valence-corrected chi connectivity index (χ0v) is 8.66. The normalized spacial score (nSPS) is 12.5. The van der Waals surface area contributed by atoms with Gasteiger partial charge < -0.3 is 15.6 Å². The van der Waals surface area contributed by atoms with Gasteiger partial charge in [0.15, 0.2) is 0 Å². The van der Waals surface area contributed by atoms with E-state index in [1.54, 1.807) is 0 Å². The van der Waals surface area contributed by atoms with Gasteiger partial charge in [-0.2, -0.15) is 0 Å². The summed E-state index contributed by atoms with van der Waals surface area (Å²) < 4.78 is 5.40. The van der Waals surface area contributed by atoms with Crippen LogP contribution >= 0.6 is 0 Å². The van der Waals surface area contributed by atoms with Crippen molar-refractivity contribution in [1.82, 2.24) is 0 Å². The van der Waals surface area contributed by atoms with Crippen LogP contribution in [0.3, 0.4) is 0 Å². The molecule has 1 atom stereocenters. The molecule has 3 heteroatoms. The molecule has 1 aromatic carbocycles. The summed E-state index contributed by atoms with van der Waals surface area (Å²) in [6.45, 7) is 4.14. The topological polar surface area (TPSA) is 55.5 Å². The Labute approximate surface area is 84.5 Å². The summed E-state index contributed by atoms with van der Waals surface area (Å²) in [4.78, 5) is 0. The maximum atomic E-state index is 9.31. The molecule has 0 aliphatic heterocycles. The van der Waals surface area contributed by atoms with Crippen molar-refractivity contribution in [1.29, 1.82) is 0 Å². The van der Waals surface area contributed by atoms with E-state index in [2.05, 4.69) is 0 Å². The number of hydrogen-bond donors (Lipinski definition) is 2. The first-order chi connectivity index (χ1) is 6.65. The van der Waals surface area contributed by atoms with Crippen molar-refractivity contribution in [2.24, 2.45) is 0 Å². The molecule has 0 aliphatic rings. The van der Waals surface area contributed by atoms with Crippen molar-refractivity contribution < 1.29 is 9.84 Å². The van der Waals surface area contributed by atoms with E-state index in [4.69, 9.17) is 10.5 Å². The molecule has 3 nitrogen and oxygen atoms in total. The first kappa shape index (κ1) is 10.9. The van der Waals surface area contributed by atoms with E-state index in [-0.39, 0.29) is 0 Å². The third-order valence-corrected chi connectivity index (χ3v) is 2.19. The fourth-order valence-electron chi connectivity index (χ4n) is 1.08. The lowest BCUT2D eigenvalue weighted by molar-refractivity contribution is 0.105. The Morgan fingerprint density at radius 2 is 2.21 bits per heavy atom. The van der Waals surface area contributed by atoms with Crippen LogP contribution in [0.25, 0.3) is 0 Å². The first-order valence-electron chi connectivity index (χ1n) is 4.81. The lowest BCUT2D eigenvalue weighted by Crippen LogP contribution is -2.16. The van der Waals surface area contributed by atoms with Gasteiger partial charge in [0.1, 0.15) is 12.4 Å². The molecule has 0 radical (unpaired) electrons. The minimum atomic E-state index is -0.421. The van der Waals surface area contributed by atoms with Crippen molar-refractivity contribution in [3.8, 4) is 5.75 Å². The SMILES string of the molecule is CCC(O)COc1cccc(C)c1N. The number of aryl methyl sites for hydroxylation is 1. The van der Waals surface area contributed by atoms with Gasteiger partial charge in [0.2, 0.25) is 0 Å². The predicted octanol–water partition coefficient (Wildman–Crippen LogP) is 1.73. The first-order valence-corrected chi connectivity index (χ1v) is 4.81. The second kappa shape index (κ2) is 4.86. The summed E-state index contributed by atoms with van der Waals surface area (Å²) in [6.07, 6.45) is 0.265. The number of hydrogen-bond acceptors (Lipinski definition) is 3. The number of ether oxygens (including phenoxy) is 1. The van der Waals surface area contributed by atoms with Crippen LogP contribution in [0.5, 0.6) is 5.75 Å². The molecule has 1 aromatic rings. The lowest BCUT2D eigenvalue weighted by Gasteiger charge is -2.12. The Bertz CT molecular complexity index is 299. The Morgan fingerprint density at radius 1 is 1.50 bits per heavy atom. The van der Waals surface area contributed by atoms with E-state index >= 15 is 0 Å². The highest BCUT2D eigenvalue weighted by molar-refractivity contribution is 5.57. The molecule has 0 saturated heterocycles. The highest BCUT2D eigenvalue weighted by Crippen LogP contribution is 2.24. The molecule has 1 rings (SSSR count). The molecule has 0 heterocycles. The Kier molecular flexibility index (Phi) is 3.77. The molecule has 0 aromatic heterocycles. The van der Waals surface area contributed by atoms with Crippen molar-refractivity contribution >= 4 is 5.69 Å². The minimum absolute atomic E-state index is 0.296. The number of aliphatic hydroxyl groups is 1. The molecule has 78 valence electrons. The van der Waals surface area contributed by atoms with E-state index < -0.39 is 6.10 Å². The molecule has 14 heavy (non-hydrogen) atoms. The van der Waals surface area contributed by atoms with E-state index in [9.17, 15) is 5.11 Å². The zero-order valence-electron chi connectivity index (χ0n) is 8.66. The summed E-state index contributed by atoms with van der Waals surface area (Å²) in [5.74, 6) is 0.650. The van der Waals surface area contributed by atoms with Gasteiger partial charge in [0.05, 0.1) is 11.8 Å². The van der Waals surface area contributed by atoms with Gasteiger partial charge in [0.25, 0.3) is 0 Å². The van der Waals surface area contributed by atoms with Gasteiger partial charge in [0, 0.05) is 0 Å². The number of rotatable bonds is 4. The smallest absolute Gasteiger partial charge is 0.142 e. The average molecular weight is 195 g/mol. The second-order valence-electron chi connectivity index (χ2n) is 3.36. The monoisotopic (exact) mass is 195 g/mol. The van der Waals surface area contributed by atoms with Gasteiger partial charge in [-0.15, -0.1) is 0 Å². The number of anilines is 1. The molecular weight excluding hydrogens is 178 g/mol. The number of nitrogen functional groups attached to an aromatic ring is 1. The maximum absolute atomic E-state index is 9.31. The largest absolute Gasteiger partial charge is 0.489 e. The highest BCUT2D eigenvalue weighted by atomic mass is 16.5. The molecule has 0 fully saturated rings. The van der Waals surface area contributed by atoms with Crippen LogP contribution in [-0.4, -0.2) is 17.8 Å². The molecule has 0 bridgehead atoms. The van der Waals surface area contributed by atoms with Crippen LogP contribution in [0.1, 0.15) is 18.9 Å². The van der Waals surface area contributed by atoms with Crippen molar-refractivity contribution in [2.75, 3.05) is 12.3 Å². The summed E-state index contributed by atoms with van der Waals surface area (Å²) in [5.41, 5.74) is 7.45. The number of benzene rings is 1. The van der Waals surface area contributed by atoms with E-state index in [1.807, 2.05) is 32.0 Å². The average Bonchev–Trinajstić information content (AvgIpc) is 2.20. The molecule has 0 amide bonds. The molecule has 0 saturated carbocycles. The van der Waals surface area contributed by atoms with Crippen LogP contribution in [-0.2, 0) is 0 Å². The Balaban J connectivity index is 2.63. The van der Waals surface area contributed by atoms with Gasteiger partial charge in [-0.25, -0.2) is 0 Å². The summed E-state index contributed by atoms with van der Waals surface area (Å²) in [6, 6.07) is 5.63. The van der Waals surface area contributed by atoms with Crippen LogP contribution in [0, 0.1) is 6.92 Å². The Hall–Kier alpha value is -1.22. The maximum Gasteiger partial charge on any atom is 0.142 e. The highest BCUT2D eigenvalue weighted by Gasteiger charge is 2.05. The quantitative estimate of drug-likeness (QED) is 0.719. The van der Waals surface area contributed by atoms with E-state index in [0.29, 0.717) is 24.5 Å². The van der Waals surface area contributed by atoms with E-state index in [1.165, 1.54) is 0 Å². The predicted molar refractivity (Wildman–Crippen MR) is 57.4 cm³/mol. The fraction of sp³-hybridized carbons (Fsp3) is 0.455. The van der Waals surface area contributed by atoms with Crippen LogP contribution in [0.15, 0.2) is 18.2 Å². The van der Waals surface area contributed by atoms with Crippen molar-refractivity contribution in [2.45, 2.75) is 26.4 Å². The summed E-state index contributed by atoms with van der Waals surface area (Å²) in [5, 5.41) is 9.31. The van der Waals surface area contributed by atoms with Crippen LogP contribution < -0.4 is 10.5 Å². The molecule has 1 unspecified atom stereocenters. The summed E-state index contributed by atoms with van der Waals surface area (Å²) >= 11 is 0.